The van der Waals surface area contributed by atoms with Gasteiger partial charge in [-0.1, -0.05) is 0 Å². The Labute approximate surface area is 95.5 Å². The number of hydrogen-bond donors (Lipinski definition) is 0. The molecule has 0 radical (unpaired) electrons. The van der Waals surface area contributed by atoms with Crippen LogP contribution in [0.1, 0.15) is 18.5 Å². The predicted molar refractivity (Wildman–Crippen MR) is 62.4 cm³/mol. The van der Waals surface area contributed by atoms with Crippen molar-refractivity contribution in [3.05, 3.63) is 17.8 Å². The molecular weight excluding hydrogens is 210 g/mol. The molecular formula is C11H16ClN3. The third kappa shape index (κ3) is 2.59. The number of alkyl halides is 1. The molecule has 0 bridgehead atoms. The third-order valence-electron chi connectivity index (χ3n) is 2.89. The highest BCUT2D eigenvalue weighted by atomic mass is 35.5. The molecule has 1 aromatic rings. The molecule has 3 nitrogen and oxygen atoms in total. The zero-order chi connectivity index (χ0) is 10.8. The van der Waals surface area contributed by atoms with Gasteiger partial charge in [-0.25, -0.2) is 0 Å². The Morgan fingerprint density at radius 3 is 2.67 bits per heavy atom. The molecule has 1 aliphatic carbocycles. The summed E-state index contributed by atoms with van der Waals surface area (Å²) in [7, 11) is 2.06. The molecule has 0 aromatic carbocycles. The quantitative estimate of drug-likeness (QED) is 0.739. The van der Waals surface area contributed by atoms with Crippen LogP contribution in [-0.2, 0) is 0 Å². The number of halogens is 1. The van der Waals surface area contributed by atoms with E-state index in [9.17, 15) is 0 Å². The van der Waals surface area contributed by atoms with Crippen LogP contribution in [0.15, 0.2) is 12.1 Å². The van der Waals surface area contributed by atoms with Gasteiger partial charge < -0.3 is 4.90 Å². The maximum Gasteiger partial charge on any atom is 0.150 e. The lowest BCUT2D eigenvalue weighted by Crippen LogP contribution is -2.35. The molecule has 0 N–H and O–H groups in total. The van der Waals surface area contributed by atoms with Crippen LogP contribution in [-0.4, -0.2) is 29.2 Å². The Bertz CT molecular complexity index is 319. The van der Waals surface area contributed by atoms with Gasteiger partial charge in [0.15, 0.2) is 5.82 Å². The Hall–Kier alpha value is -0.830. The van der Waals surface area contributed by atoms with Crippen molar-refractivity contribution in [2.24, 2.45) is 5.92 Å². The van der Waals surface area contributed by atoms with Crippen molar-refractivity contribution in [3.8, 4) is 0 Å². The summed E-state index contributed by atoms with van der Waals surface area (Å²) in [6, 6.07) is 4.00. The van der Waals surface area contributed by atoms with Crippen LogP contribution in [0.4, 0.5) is 5.82 Å². The Balaban J connectivity index is 1.90. The van der Waals surface area contributed by atoms with Crippen molar-refractivity contribution in [2.75, 3.05) is 18.5 Å². The van der Waals surface area contributed by atoms with E-state index in [1.165, 1.54) is 0 Å². The first-order valence-electron chi connectivity index (χ1n) is 5.30. The highest BCUT2D eigenvalue weighted by molar-refractivity contribution is 6.21. The highest BCUT2D eigenvalue weighted by Crippen LogP contribution is 2.32. The van der Waals surface area contributed by atoms with Crippen LogP contribution < -0.4 is 4.90 Å². The Morgan fingerprint density at radius 1 is 1.40 bits per heavy atom. The van der Waals surface area contributed by atoms with Crippen LogP contribution in [0.25, 0.3) is 0 Å². The molecule has 4 heteroatoms. The first-order valence-corrected chi connectivity index (χ1v) is 5.74. The van der Waals surface area contributed by atoms with Gasteiger partial charge in [0.2, 0.25) is 0 Å². The van der Waals surface area contributed by atoms with Gasteiger partial charge in [0.05, 0.1) is 5.69 Å². The molecule has 1 saturated carbocycles. The van der Waals surface area contributed by atoms with Crippen LogP contribution in [0.2, 0.25) is 0 Å². The standard InChI is InChI=1S/C11H16ClN3/c1-8-3-4-11(14-13-8)15(2)7-9-5-10(12)6-9/h3-4,9-10H,5-7H2,1-2H3. The number of hydrogen-bond acceptors (Lipinski definition) is 3. The van der Waals surface area contributed by atoms with E-state index in [0.29, 0.717) is 5.38 Å². The molecule has 1 aromatic heterocycles. The minimum Gasteiger partial charge on any atom is -0.358 e. The molecule has 0 unspecified atom stereocenters. The molecule has 1 heterocycles. The summed E-state index contributed by atoms with van der Waals surface area (Å²) in [5.74, 6) is 1.67. The van der Waals surface area contributed by atoms with Crippen LogP contribution in [0.5, 0.6) is 0 Å². The van der Waals surface area contributed by atoms with Crippen molar-refractivity contribution in [1.82, 2.24) is 10.2 Å². The van der Waals surface area contributed by atoms with Gasteiger partial charge in [-0.3, -0.25) is 0 Å². The molecule has 0 spiro atoms. The first-order chi connectivity index (χ1) is 7.15. The molecule has 0 atom stereocenters. The monoisotopic (exact) mass is 225 g/mol. The van der Waals surface area contributed by atoms with E-state index < -0.39 is 0 Å². The second-order valence-corrected chi connectivity index (χ2v) is 4.97. The van der Waals surface area contributed by atoms with Gasteiger partial charge in [-0.15, -0.1) is 16.7 Å². The third-order valence-corrected chi connectivity index (χ3v) is 3.24. The van der Waals surface area contributed by atoms with E-state index in [4.69, 9.17) is 11.6 Å². The lowest BCUT2D eigenvalue weighted by atomic mass is 9.84. The number of anilines is 1. The number of rotatable bonds is 3. The summed E-state index contributed by atoms with van der Waals surface area (Å²) < 4.78 is 0. The number of aryl methyl sites for hydroxylation is 1. The van der Waals surface area contributed by atoms with Crippen molar-refractivity contribution in [2.45, 2.75) is 25.1 Å². The van der Waals surface area contributed by atoms with Crippen molar-refractivity contribution in [1.29, 1.82) is 0 Å². The van der Waals surface area contributed by atoms with Crippen LogP contribution in [0, 0.1) is 12.8 Å². The van der Waals surface area contributed by atoms with Crippen molar-refractivity contribution < 1.29 is 0 Å². The summed E-state index contributed by atoms with van der Waals surface area (Å²) in [6.45, 7) is 2.97. The zero-order valence-corrected chi connectivity index (χ0v) is 9.91. The van der Waals surface area contributed by atoms with Crippen molar-refractivity contribution in [3.63, 3.8) is 0 Å². The summed E-state index contributed by atoms with van der Waals surface area (Å²) in [4.78, 5) is 2.15. The minimum absolute atomic E-state index is 0.396. The van der Waals surface area contributed by atoms with Crippen LogP contribution in [0.3, 0.4) is 0 Å². The van der Waals surface area contributed by atoms with Gasteiger partial charge in [0, 0.05) is 19.0 Å². The number of nitrogens with zero attached hydrogens (tertiary/aromatic N) is 3. The topological polar surface area (TPSA) is 29.0 Å². The van der Waals surface area contributed by atoms with E-state index >= 15 is 0 Å². The van der Waals surface area contributed by atoms with E-state index in [1.54, 1.807) is 0 Å². The SMILES string of the molecule is Cc1ccc(N(C)CC2CC(Cl)C2)nn1. The normalized spacial score (nSPS) is 24.7. The molecule has 82 valence electrons. The Morgan fingerprint density at radius 2 is 2.13 bits per heavy atom. The summed E-state index contributed by atoms with van der Waals surface area (Å²) in [5, 5.41) is 8.60. The lowest BCUT2D eigenvalue weighted by molar-refractivity contribution is 0.328. The summed E-state index contributed by atoms with van der Waals surface area (Å²) in [5.41, 5.74) is 0.955. The molecule has 1 aliphatic rings. The van der Waals surface area contributed by atoms with Gasteiger partial charge in [0.25, 0.3) is 0 Å². The van der Waals surface area contributed by atoms with E-state index in [-0.39, 0.29) is 0 Å². The zero-order valence-electron chi connectivity index (χ0n) is 9.15. The maximum atomic E-state index is 5.95. The first kappa shape index (κ1) is 10.7. The predicted octanol–water partition coefficient (Wildman–Crippen LogP) is 2.24. The average Bonchev–Trinajstić information content (AvgIpc) is 2.16. The Kier molecular flexibility index (Phi) is 3.10. The highest BCUT2D eigenvalue weighted by Gasteiger charge is 2.28. The van der Waals surface area contributed by atoms with E-state index in [0.717, 1.165) is 36.8 Å². The fourth-order valence-electron chi connectivity index (χ4n) is 1.88. The fourth-order valence-corrected chi connectivity index (χ4v) is 2.38. The van der Waals surface area contributed by atoms with Gasteiger partial charge in [0.1, 0.15) is 0 Å². The lowest BCUT2D eigenvalue weighted by Gasteiger charge is -2.34. The molecule has 1 fully saturated rings. The molecule has 15 heavy (non-hydrogen) atoms. The van der Waals surface area contributed by atoms with E-state index in [2.05, 4.69) is 22.1 Å². The molecule has 0 saturated heterocycles. The van der Waals surface area contributed by atoms with Gasteiger partial charge in [-0.2, -0.15) is 5.10 Å². The summed E-state index contributed by atoms with van der Waals surface area (Å²) in [6.07, 6.45) is 2.26. The summed E-state index contributed by atoms with van der Waals surface area (Å²) >= 11 is 5.95. The van der Waals surface area contributed by atoms with Gasteiger partial charge >= 0.3 is 0 Å². The second-order valence-electron chi connectivity index (χ2n) is 4.35. The molecule has 0 aliphatic heterocycles. The van der Waals surface area contributed by atoms with E-state index in [1.807, 2.05) is 19.1 Å². The molecule has 2 rings (SSSR count). The maximum absolute atomic E-state index is 5.95. The smallest absolute Gasteiger partial charge is 0.150 e. The number of aromatic nitrogens is 2. The van der Waals surface area contributed by atoms with Crippen LogP contribution >= 0.6 is 11.6 Å². The van der Waals surface area contributed by atoms with Gasteiger partial charge in [-0.05, 0) is 37.8 Å². The average molecular weight is 226 g/mol. The molecule has 0 amide bonds. The second kappa shape index (κ2) is 4.35. The largest absolute Gasteiger partial charge is 0.358 e. The van der Waals surface area contributed by atoms with Crippen molar-refractivity contribution >= 4 is 17.4 Å². The minimum atomic E-state index is 0.396. The fraction of sp³-hybridized carbons (Fsp3) is 0.636.